The summed E-state index contributed by atoms with van der Waals surface area (Å²) in [5, 5.41) is 3.07. The number of carbonyl (C=O) groups is 3. The molecule has 3 N–H and O–H groups in total. The van der Waals surface area contributed by atoms with Gasteiger partial charge in [0.05, 0.1) is 23.1 Å². The number of fused-ring (bicyclic) bond motifs is 1. The van der Waals surface area contributed by atoms with Crippen LogP contribution in [0.5, 0.6) is 0 Å². The molecule has 3 rings (SSSR count). The van der Waals surface area contributed by atoms with Crippen LogP contribution in [-0.4, -0.2) is 36.5 Å². The van der Waals surface area contributed by atoms with E-state index in [-0.39, 0.29) is 40.0 Å². The van der Waals surface area contributed by atoms with Gasteiger partial charge in [0.2, 0.25) is 5.91 Å². The first-order valence-corrected chi connectivity index (χ1v) is 10.3. The number of rotatable bonds is 6. The monoisotopic (exact) mass is 415 g/mol. The van der Waals surface area contributed by atoms with E-state index in [0.717, 1.165) is 23.4 Å². The Morgan fingerprint density at radius 2 is 2.00 bits per heavy atom. The number of nitrogens with two attached hydrogens (primary N) is 1. The van der Waals surface area contributed by atoms with Gasteiger partial charge in [-0.25, -0.2) is 4.79 Å². The number of esters is 1. The smallest absolute Gasteiger partial charge is 0.341 e. The zero-order valence-electron chi connectivity index (χ0n) is 16.9. The van der Waals surface area contributed by atoms with Crippen molar-refractivity contribution in [3.63, 3.8) is 0 Å². The Morgan fingerprint density at radius 3 is 2.66 bits per heavy atom. The van der Waals surface area contributed by atoms with Crippen LogP contribution in [0, 0.1) is 6.92 Å². The van der Waals surface area contributed by atoms with E-state index in [1.54, 1.807) is 20.8 Å². The standard InChI is InChI=1S/C21H25N3O4S/c1-11(2)28-21(27)17-13(4)18(19(22)26)29-20(17)23-16(25)10-24-12(3)9-14-7-5-6-8-15(14)24/h5-8,11-12H,9-10H2,1-4H3,(H2,22,26)(H,23,25). The van der Waals surface area contributed by atoms with Crippen molar-refractivity contribution in [2.75, 3.05) is 16.8 Å². The summed E-state index contributed by atoms with van der Waals surface area (Å²) >= 11 is 0.996. The number of carbonyl (C=O) groups excluding carboxylic acids is 3. The summed E-state index contributed by atoms with van der Waals surface area (Å²) in [7, 11) is 0. The molecule has 7 nitrogen and oxygen atoms in total. The van der Waals surface area contributed by atoms with Crippen molar-refractivity contribution >= 4 is 39.8 Å². The number of thiophene rings is 1. The van der Waals surface area contributed by atoms with Crippen LogP contribution < -0.4 is 16.0 Å². The van der Waals surface area contributed by atoms with Crippen molar-refractivity contribution in [1.82, 2.24) is 0 Å². The number of hydrogen-bond donors (Lipinski definition) is 2. The highest BCUT2D eigenvalue weighted by Gasteiger charge is 2.29. The van der Waals surface area contributed by atoms with Crippen LogP contribution in [0.1, 0.15) is 51.9 Å². The van der Waals surface area contributed by atoms with Gasteiger partial charge in [0.15, 0.2) is 0 Å². The Balaban J connectivity index is 1.84. The quantitative estimate of drug-likeness (QED) is 0.706. The molecule has 1 unspecified atom stereocenters. The van der Waals surface area contributed by atoms with E-state index in [9.17, 15) is 14.4 Å². The molecule has 0 saturated heterocycles. The molecule has 0 aliphatic carbocycles. The molecule has 0 bridgehead atoms. The van der Waals surface area contributed by atoms with Gasteiger partial charge >= 0.3 is 5.97 Å². The molecule has 2 aromatic rings. The number of anilines is 2. The van der Waals surface area contributed by atoms with Crippen molar-refractivity contribution < 1.29 is 19.1 Å². The Labute approximate surface area is 173 Å². The van der Waals surface area contributed by atoms with Gasteiger partial charge < -0.3 is 20.7 Å². The Hall–Kier alpha value is -2.87. The van der Waals surface area contributed by atoms with Gasteiger partial charge in [0.25, 0.3) is 5.91 Å². The maximum atomic E-state index is 12.8. The molecule has 1 aliphatic rings. The Kier molecular flexibility index (Phi) is 5.93. The lowest BCUT2D eigenvalue weighted by Crippen LogP contribution is -2.37. The molecular weight excluding hydrogens is 390 g/mol. The lowest BCUT2D eigenvalue weighted by Gasteiger charge is -2.24. The fourth-order valence-corrected chi connectivity index (χ4v) is 4.61. The number of nitrogens with zero attached hydrogens (tertiary/aromatic N) is 1. The number of primary amides is 1. The van der Waals surface area contributed by atoms with Crippen molar-refractivity contribution in [2.45, 2.75) is 46.3 Å². The van der Waals surface area contributed by atoms with Crippen molar-refractivity contribution in [1.29, 1.82) is 0 Å². The van der Waals surface area contributed by atoms with Crippen LogP contribution in [-0.2, 0) is 16.0 Å². The summed E-state index contributed by atoms with van der Waals surface area (Å²) in [5.41, 5.74) is 8.27. The SMILES string of the molecule is Cc1c(C(N)=O)sc(NC(=O)CN2c3ccccc3CC2C)c1C(=O)OC(C)C. The third-order valence-corrected chi connectivity index (χ3v) is 6.05. The highest BCUT2D eigenvalue weighted by Crippen LogP contribution is 2.35. The lowest BCUT2D eigenvalue weighted by atomic mass is 10.1. The van der Waals surface area contributed by atoms with Gasteiger partial charge in [0.1, 0.15) is 5.00 Å². The topological polar surface area (TPSA) is 102 Å². The first-order chi connectivity index (χ1) is 13.7. The normalized spacial score (nSPS) is 15.3. The molecule has 1 aromatic heterocycles. The zero-order chi connectivity index (χ0) is 21.3. The number of nitrogens with one attached hydrogen (secondary N) is 1. The maximum Gasteiger partial charge on any atom is 0.341 e. The maximum absolute atomic E-state index is 12.8. The molecule has 0 radical (unpaired) electrons. The van der Waals surface area contributed by atoms with Crippen molar-refractivity contribution in [2.24, 2.45) is 5.73 Å². The molecule has 1 atom stereocenters. The van der Waals surface area contributed by atoms with Gasteiger partial charge in [0, 0.05) is 11.7 Å². The second kappa shape index (κ2) is 8.24. The van der Waals surface area contributed by atoms with E-state index < -0.39 is 11.9 Å². The van der Waals surface area contributed by atoms with Crippen molar-refractivity contribution in [3.05, 3.63) is 45.8 Å². The fraction of sp³-hybridized carbons (Fsp3) is 0.381. The molecule has 2 amide bonds. The van der Waals surface area contributed by atoms with Gasteiger partial charge in [-0.15, -0.1) is 11.3 Å². The second-order valence-corrected chi connectivity index (χ2v) is 8.46. The van der Waals surface area contributed by atoms with Gasteiger partial charge in [-0.05, 0) is 51.3 Å². The summed E-state index contributed by atoms with van der Waals surface area (Å²) in [6.07, 6.45) is 0.545. The molecule has 154 valence electrons. The van der Waals surface area contributed by atoms with Crippen LogP contribution >= 0.6 is 11.3 Å². The second-order valence-electron chi connectivity index (χ2n) is 7.44. The van der Waals surface area contributed by atoms with Gasteiger partial charge in [-0.2, -0.15) is 0 Å². The number of ether oxygens (including phenoxy) is 1. The molecular formula is C21H25N3O4S. The van der Waals surface area contributed by atoms with E-state index in [0.29, 0.717) is 5.56 Å². The van der Waals surface area contributed by atoms with Gasteiger partial charge in [-0.1, -0.05) is 18.2 Å². The van der Waals surface area contributed by atoms with E-state index in [4.69, 9.17) is 10.5 Å². The van der Waals surface area contributed by atoms with E-state index in [2.05, 4.69) is 18.3 Å². The highest BCUT2D eigenvalue weighted by molar-refractivity contribution is 7.18. The summed E-state index contributed by atoms with van der Waals surface area (Å²) in [6.45, 7) is 7.30. The number of para-hydroxylation sites is 1. The third-order valence-electron chi connectivity index (χ3n) is 4.83. The first-order valence-electron chi connectivity index (χ1n) is 9.47. The van der Waals surface area contributed by atoms with Crippen LogP contribution in [0.15, 0.2) is 24.3 Å². The average molecular weight is 416 g/mol. The number of benzene rings is 1. The van der Waals surface area contributed by atoms with E-state index >= 15 is 0 Å². The minimum atomic E-state index is -0.645. The fourth-order valence-electron chi connectivity index (χ4n) is 3.55. The minimum absolute atomic E-state index is 0.139. The third kappa shape index (κ3) is 4.27. The summed E-state index contributed by atoms with van der Waals surface area (Å²) < 4.78 is 5.28. The molecule has 1 aromatic carbocycles. The number of amides is 2. The summed E-state index contributed by atoms with van der Waals surface area (Å²) in [4.78, 5) is 39.3. The largest absolute Gasteiger partial charge is 0.459 e. The molecule has 0 spiro atoms. The predicted molar refractivity (Wildman–Crippen MR) is 114 cm³/mol. The molecule has 1 aliphatic heterocycles. The van der Waals surface area contributed by atoms with E-state index in [1.165, 1.54) is 5.56 Å². The van der Waals surface area contributed by atoms with Crippen LogP contribution in [0.2, 0.25) is 0 Å². The summed E-state index contributed by atoms with van der Waals surface area (Å²) in [5.74, 6) is -1.51. The summed E-state index contributed by atoms with van der Waals surface area (Å²) in [6, 6.07) is 8.18. The molecule has 29 heavy (non-hydrogen) atoms. The zero-order valence-corrected chi connectivity index (χ0v) is 17.8. The molecule has 0 fully saturated rings. The van der Waals surface area contributed by atoms with Crippen LogP contribution in [0.25, 0.3) is 0 Å². The minimum Gasteiger partial charge on any atom is -0.459 e. The number of hydrogen-bond acceptors (Lipinski definition) is 6. The first kappa shape index (κ1) is 20.9. The van der Waals surface area contributed by atoms with E-state index in [1.807, 2.05) is 23.1 Å². The Morgan fingerprint density at radius 1 is 1.31 bits per heavy atom. The van der Waals surface area contributed by atoms with Crippen molar-refractivity contribution in [3.8, 4) is 0 Å². The highest BCUT2D eigenvalue weighted by atomic mass is 32.1. The lowest BCUT2D eigenvalue weighted by molar-refractivity contribution is -0.115. The van der Waals surface area contributed by atoms with Gasteiger partial charge in [-0.3, -0.25) is 9.59 Å². The Bertz CT molecular complexity index is 967. The molecule has 0 saturated carbocycles. The molecule has 8 heteroatoms. The average Bonchev–Trinajstić information content (AvgIpc) is 3.11. The predicted octanol–water partition coefficient (Wildman–Crippen LogP) is 3.11. The van der Waals surface area contributed by atoms with Crippen LogP contribution in [0.4, 0.5) is 10.7 Å². The molecule has 2 heterocycles. The van der Waals surface area contributed by atoms with Crippen LogP contribution in [0.3, 0.4) is 0 Å².